The molecule has 0 saturated heterocycles. The van der Waals surface area contributed by atoms with Gasteiger partial charge in [-0.25, -0.2) is 0 Å². The molecule has 6 heteroatoms. The van der Waals surface area contributed by atoms with E-state index in [2.05, 4.69) is 10.6 Å². The minimum atomic E-state index is -0.930. The molecule has 0 heterocycles. The Bertz CT molecular complexity index is 511. The third-order valence-electron chi connectivity index (χ3n) is 2.88. The Balaban J connectivity index is 2.59. The Labute approximate surface area is 124 Å². The van der Waals surface area contributed by atoms with Crippen molar-refractivity contribution in [3.63, 3.8) is 0 Å². The number of ether oxygens (including phenoxy) is 1. The van der Waals surface area contributed by atoms with Crippen molar-refractivity contribution >= 4 is 11.8 Å². The van der Waals surface area contributed by atoms with Crippen molar-refractivity contribution in [2.24, 2.45) is 0 Å². The summed E-state index contributed by atoms with van der Waals surface area (Å²) in [5, 5.41) is 14.3. The average molecular weight is 289 g/mol. The molecule has 0 fully saturated rings. The number of hydrogen-bond acceptors (Lipinski definition) is 4. The average Bonchev–Trinajstić information content (AvgIpc) is 2.49. The molecule has 0 aromatic heterocycles. The van der Waals surface area contributed by atoms with Gasteiger partial charge < -0.3 is 15.4 Å². The second kappa shape index (κ2) is 8.72. The van der Waals surface area contributed by atoms with Gasteiger partial charge in [0.05, 0.1) is 12.7 Å². The minimum absolute atomic E-state index is 0.315. The van der Waals surface area contributed by atoms with Gasteiger partial charge in [0.1, 0.15) is 12.0 Å². The number of rotatable bonds is 7. The number of nitrogens with zero attached hydrogens (tertiary/aromatic N) is 1. The summed E-state index contributed by atoms with van der Waals surface area (Å²) in [6.07, 6.45) is 0. The van der Waals surface area contributed by atoms with E-state index in [1.165, 1.54) is 7.11 Å². The fourth-order valence-corrected chi connectivity index (χ4v) is 1.72. The molecule has 0 aliphatic heterocycles. The number of amides is 2. The molecule has 2 amide bonds. The van der Waals surface area contributed by atoms with Crippen LogP contribution in [0.15, 0.2) is 30.3 Å². The largest absolute Gasteiger partial charge is 0.383 e. The van der Waals surface area contributed by atoms with E-state index in [-0.39, 0.29) is 5.91 Å². The van der Waals surface area contributed by atoms with Gasteiger partial charge in [-0.3, -0.25) is 9.59 Å². The first kappa shape index (κ1) is 16.7. The standard InChI is InChI=1S/C15H19N3O3/c1-11(14(19)17-8-9-21-2)18-15(20)13(10-16)12-6-4-3-5-7-12/h3-7,11,13H,8-9H2,1-2H3,(H,17,19)(H,18,20). The second-order valence-corrected chi connectivity index (χ2v) is 4.49. The van der Waals surface area contributed by atoms with Crippen LogP contribution in [0.5, 0.6) is 0 Å². The number of hydrogen-bond donors (Lipinski definition) is 2. The lowest BCUT2D eigenvalue weighted by atomic mass is 9.99. The van der Waals surface area contributed by atoms with E-state index >= 15 is 0 Å². The van der Waals surface area contributed by atoms with Crippen molar-refractivity contribution in [1.29, 1.82) is 5.26 Å². The van der Waals surface area contributed by atoms with Crippen molar-refractivity contribution in [1.82, 2.24) is 10.6 Å². The molecule has 0 aliphatic rings. The maximum absolute atomic E-state index is 12.1. The van der Waals surface area contributed by atoms with Gasteiger partial charge in [-0.1, -0.05) is 30.3 Å². The monoisotopic (exact) mass is 289 g/mol. The van der Waals surface area contributed by atoms with Crippen LogP contribution in [-0.2, 0) is 14.3 Å². The zero-order chi connectivity index (χ0) is 15.7. The Kier molecular flexibility index (Phi) is 6.92. The number of methoxy groups -OCH3 is 1. The highest BCUT2D eigenvalue weighted by molar-refractivity contribution is 5.91. The highest BCUT2D eigenvalue weighted by atomic mass is 16.5. The van der Waals surface area contributed by atoms with Crippen LogP contribution < -0.4 is 10.6 Å². The molecular formula is C15H19N3O3. The molecule has 0 bridgehead atoms. The van der Waals surface area contributed by atoms with Crippen LogP contribution in [-0.4, -0.2) is 38.1 Å². The van der Waals surface area contributed by atoms with Crippen molar-refractivity contribution in [3.8, 4) is 6.07 Å². The molecule has 2 atom stereocenters. The smallest absolute Gasteiger partial charge is 0.242 e. The summed E-state index contributed by atoms with van der Waals surface area (Å²) in [5.41, 5.74) is 0.601. The lowest BCUT2D eigenvalue weighted by molar-refractivity contribution is -0.128. The zero-order valence-corrected chi connectivity index (χ0v) is 12.1. The van der Waals surface area contributed by atoms with E-state index in [1.807, 2.05) is 12.1 Å². The maximum Gasteiger partial charge on any atom is 0.242 e. The predicted molar refractivity (Wildman–Crippen MR) is 77.3 cm³/mol. The van der Waals surface area contributed by atoms with E-state index in [0.29, 0.717) is 18.7 Å². The molecule has 0 saturated carbocycles. The number of nitriles is 1. The topological polar surface area (TPSA) is 91.2 Å². The molecule has 1 aromatic rings. The first-order valence-corrected chi connectivity index (χ1v) is 6.61. The predicted octanol–water partition coefficient (Wildman–Crippen LogP) is 0.561. The summed E-state index contributed by atoms with van der Waals surface area (Å²) in [7, 11) is 1.54. The molecular weight excluding hydrogens is 270 g/mol. The fourth-order valence-electron chi connectivity index (χ4n) is 1.72. The summed E-state index contributed by atoms with van der Waals surface area (Å²) < 4.78 is 4.82. The maximum atomic E-state index is 12.1. The molecule has 1 rings (SSSR count). The lowest BCUT2D eigenvalue weighted by Crippen LogP contribution is -2.46. The Morgan fingerprint density at radius 3 is 2.52 bits per heavy atom. The van der Waals surface area contributed by atoms with Crippen LogP contribution >= 0.6 is 0 Å². The third kappa shape index (κ3) is 5.24. The van der Waals surface area contributed by atoms with E-state index in [9.17, 15) is 9.59 Å². The summed E-state index contributed by atoms with van der Waals surface area (Å²) in [6, 6.07) is 9.97. The SMILES string of the molecule is COCCNC(=O)C(C)NC(=O)C(C#N)c1ccccc1. The molecule has 1 aromatic carbocycles. The van der Waals surface area contributed by atoms with Crippen LogP contribution in [0, 0.1) is 11.3 Å². The highest BCUT2D eigenvalue weighted by Crippen LogP contribution is 2.14. The molecule has 21 heavy (non-hydrogen) atoms. The molecule has 2 unspecified atom stereocenters. The Morgan fingerprint density at radius 1 is 1.29 bits per heavy atom. The second-order valence-electron chi connectivity index (χ2n) is 4.49. The molecule has 2 N–H and O–H groups in total. The summed E-state index contributed by atoms with van der Waals surface area (Å²) in [6.45, 7) is 2.34. The van der Waals surface area contributed by atoms with Gasteiger partial charge in [0, 0.05) is 13.7 Å². The van der Waals surface area contributed by atoms with Crippen LogP contribution in [0.3, 0.4) is 0 Å². The molecule has 112 valence electrons. The summed E-state index contributed by atoms with van der Waals surface area (Å²) >= 11 is 0. The lowest BCUT2D eigenvalue weighted by Gasteiger charge is -2.16. The third-order valence-corrected chi connectivity index (χ3v) is 2.88. The fraction of sp³-hybridized carbons (Fsp3) is 0.400. The van der Waals surface area contributed by atoms with Gasteiger partial charge in [0.2, 0.25) is 11.8 Å². The first-order valence-electron chi connectivity index (χ1n) is 6.61. The Hall–Kier alpha value is -2.39. The highest BCUT2D eigenvalue weighted by Gasteiger charge is 2.23. The summed E-state index contributed by atoms with van der Waals surface area (Å²) in [5.74, 6) is -1.73. The van der Waals surface area contributed by atoms with Crippen molar-refractivity contribution < 1.29 is 14.3 Å². The number of carbonyl (C=O) groups excluding carboxylic acids is 2. The summed E-state index contributed by atoms with van der Waals surface area (Å²) in [4.78, 5) is 23.8. The first-order chi connectivity index (χ1) is 10.1. The number of nitrogens with one attached hydrogen (secondary N) is 2. The van der Waals surface area contributed by atoms with E-state index in [0.717, 1.165) is 0 Å². The van der Waals surface area contributed by atoms with Gasteiger partial charge in [0.15, 0.2) is 0 Å². The van der Waals surface area contributed by atoms with Gasteiger partial charge in [-0.2, -0.15) is 5.26 Å². The number of carbonyl (C=O) groups is 2. The van der Waals surface area contributed by atoms with Gasteiger partial charge >= 0.3 is 0 Å². The molecule has 0 spiro atoms. The van der Waals surface area contributed by atoms with Crippen LogP contribution in [0.2, 0.25) is 0 Å². The van der Waals surface area contributed by atoms with E-state index in [1.54, 1.807) is 31.2 Å². The van der Waals surface area contributed by atoms with E-state index in [4.69, 9.17) is 10.00 Å². The molecule has 0 radical (unpaired) electrons. The van der Waals surface area contributed by atoms with Gasteiger partial charge in [0.25, 0.3) is 0 Å². The molecule has 0 aliphatic carbocycles. The van der Waals surface area contributed by atoms with Gasteiger partial charge in [-0.05, 0) is 12.5 Å². The van der Waals surface area contributed by atoms with E-state index < -0.39 is 17.9 Å². The van der Waals surface area contributed by atoms with Crippen molar-refractivity contribution in [2.75, 3.05) is 20.3 Å². The molecule has 6 nitrogen and oxygen atoms in total. The normalized spacial score (nSPS) is 12.8. The van der Waals surface area contributed by atoms with Crippen molar-refractivity contribution in [2.45, 2.75) is 18.9 Å². The van der Waals surface area contributed by atoms with Crippen LogP contribution in [0.1, 0.15) is 18.4 Å². The quantitative estimate of drug-likeness (QED) is 0.718. The zero-order valence-electron chi connectivity index (χ0n) is 12.1. The van der Waals surface area contributed by atoms with Crippen molar-refractivity contribution in [3.05, 3.63) is 35.9 Å². The number of benzene rings is 1. The Morgan fingerprint density at radius 2 is 1.95 bits per heavy atom. The van der Waals surface area contributed by atoms with Crippen LogP contribution in [0.4, 0.5) is 0 Å². The van der Waals surface area contributed by atoms with Gasteiger partial charge in [-0.15, -0.1) is 0 Å². The van der Waals surface area contributed by atoms with Crippen LogP contribution in [0.25, 0.3) is 0 Å². The minimum Gasteiger partial charge on any atom is -0.383 e.